The molecule has 0 bridgehead atoms. The topological polar surface area (TPSA) is 86.7 Å². The van der Waals surface area contributed by atoms with Crippen LogP contribution in [0, 0.1) is 5.41 Å². The van der Waals surface area contributed by atoms with Gasteiger partial charge in [-0.25, -0.2) is 0 Å². The highest BCUT2D eigenvalue weighted by molar-refractivity contribution is 5.84. The van der Waals surface area contributed by atoms with E-state index in [-0.39, 0.29) is 24.9 Å². The van der Waals surface area contributed by atoms with Gasteiger partial charge in [-0.1, -0.05) is 0 Å². The molecule has 6 nitrogen and oxygen atoms in total. The van der Waals surface area contributed by atoms with Crippen molar-refractivity contribution in [3.63, 3.8) is 0 Å². The molecule has 0 rings (SSSR count). The average Bonchev–Trinajstić information content (AvgIpc) is 2.14. The van der Waals surface area contributed by atoms with E-state index in [0.29, 0.717) is 0 Å². The third-order valence-corrected chi connectivity index (χ3v) is 2.22. The van der Waals surface area contributed by atoms with Gasteiger partial charge < -0.3 is 15.3 Å². The number of hydrogen-bond acceptors (Lipinski definition) is 3. The second-order valence-electron chi connectivity index (χ2n) is 4.34. The Hall–Kier alpha value is -1.59. The molecule has 0 aliphatic carbocycles. The minimum Gasteiger partial charge on any atom is -0.481 e. The molecule has 0 spiro atoms. The molecular formula is C10H18N2O4. The quantitative estimate of drug-likeness (QED) is 0.678. The van der Waals surface area contributed by atoms with Crippen LogP contribution in [0.4, 0.5) is 0 Å². The van der Waals surface area contributed by atoms with Crippen molar-refractivity contribution in [2.75, 3.05) is 20.1 Å². The summed E-state index contributed by atoms with van der Waals surface area (Å²) in [6.45, 7) is 4.36. The van der Waals surface area contributed by atoms with Crippen molar-refractivity contribution in [2.45, 2.75) is 20.8 Å². The minimum absolute atomic E-state index is 0.0346. The number of carbonyl (C=O) groups is 3. The molecule has 0 aromatic carbocycles. The van der Waals surface area contributed by atoms with E-state index in [2.05, 4.69) is 5.32 Å². The van der Waals surface area contributed by atoms with Crippen molar-refractivity contribution in [1.29, 1.82) is 0 Å². The van der Waals surface area contributed by atoms with Gasteiger partial charge in [0.25, 0.3) is 0 Å². The number of carboxylic acids is 1. The maximum absolute atomic E-state index is 11.3. The molecule has 0 heterocycles. The lowest BCUT2D eigenvalue weighted by atomic mass is 9.94. The number of amides is 2. The maximum atomic E-state index is 11.3. The van der Waals surface area contributed by atoms with Crippen LogP contribution in [0.5, 0.6) is 0 Å². The Bertz CT molecular complexity index is 299. The van der Waals surface area contributed by atoms with Gasteiger partial charge in [0.05, 0.1) is 12.0 Å². The van der Waals surface area contributed by atoms with E-state index in [1.165, 1.54) is 32.7 Å². The zero-order valence-electron chi connectivity index (χ0n) is 10.0. The number of nitrogens with zero attached hydrogens (tertiary/aromatic N) is 1. The highest BCUT2D eigenvalue weighted by Crippen LogP contribution is 2.12. The monoisotopic (exact) mass is 230 g/mol. The summed E-state index contributed by atoms with van der Waals surface area (Å²) in [7, 11) is 1.50. The van der Waals surface area contributed by atoms with Crippen LogP contribution in [-0.2, 0) is 14.4 Å². The number of carboxylic acid groups (broad SMARTS) is 1. The Morgan fingerprint density at radius 3 is 2.19 bits per heavy atom. The standard InChI is InChI=1S/C10H18N2O4/c1-7(13)12(4)5-8(14)11-6-10(2,3)9(15)16/h5-6H2,1-4H3,(H,11,14)(H,15,16). The first-order chi connectivity index (χ1) is 7.16. The van der Waals surface area contributed by atoms with E-state index >= 15 is 0 Å². The summed E-state index contributed by atoms with van der Waals surface area (Å²) >= 11 is 0. The zero-order chi connectivity index (χ0) is 12.9. The lowest BCUT2D eigenvalue weighted by Gasteiger charge is -2.20. The molecule has 0 aliphatic heterocycles. The van der Waals surface area contributed by atoms with Gasteiger partial charge in [-0.2, -0.15) is 0 Å². The molecule has 2 N–H and O–H groups in total. The zero-order valence-corrected chi connectivity index (χ0v) is 10.0. The van der Waals surface area contributed by atoms with Crippen LogP contribution in [0.15, 0.2) is 0 Å². The van der Waals surface area contributed by atoms with Gasteiger partial charge in [0.2, 0.25) is 11.8 Å². The Labute approximate surface area is 94.6 Å². The molecule has 16 heavy (non-hydrogen) atoms. The van der Waals surface area contributed by atoms with E-state index in [9.17, 15) is 14.4 Å². The van der Waals surface area contributed by atoms with Crippen LogP contribution in [0.2, 0.25) is 0 Å². The summed E-state index contributed by atoms with van der Waals surface area (Å²) in [6, 6.07) is 0. The fourth-order valence-corrected chi connectivity index (χ4v) is 0.778. The third kappa shape index (κ3) is 4.77. The first-order valence-corrected chi connectivity index (χ1v) is 4.88. The Morgan fingerprint density at radius 1 is 1.31 bits per heavy atom. The summed E-state index contributed by atoms with van der Waals surface area (Å²) in [5.41, 5.74) is -1.01. The van der Waals surface area contributed by atoms with Crippen LogP contribution >= 0.6 is 0 Å². The Balaban J connectivity index is 4.09. The SMILES string of the molecule is CC(=O)N(C)CC(=O)NCC(C)(C)C(=O)O. The first-order valence-electron chi connectivity index (χ1n) is 4.88. The van der Waals surface area contributed by atoms with Crippen molar-refractivity contribution < 1.29 is 19.5 Å². The highest BCUT2D eigenvalue weighted by atomic mass is 16.4. The van der Waals surface area contributed by atoms with Gasteiger partial charge >= 0.3 is 5.97 Å². The molecule has 0 unspecified atom stereocenters. The van der Waals surface area contributed by atoms with Gasteiger partial charge in [-0.3, -0.25) is 14.4 Å². The number of aliphatic carboxylic acids is 1. The molecule has 0 saturated carbocycles. The molecule has 0 aromatic rings. The lowest BCUT2D eigenvalue weighted by molar-refractivity contribution is -0.147. The molecule has 0 saturated heterocycles. The largest absolute Gasteiger partial charge is 0.481 e. The molecule has 0 aliphatic rings. The second kappa shape index (κ2) is 5.48. The van der Waals surface area contributed by atoms with Crippen molar-refractivity contribution in [2.24, 2.45) is 5.41 Å². The molecule has 0 radical (unpaired) electrons. The fourth-order valence-electron chi connectivity index (χ4n) is 0.778. The molecule has 0 aromatic heterocycles. The molecule has 6 heteroatoms. The van der Waals surface area contributed by atoms with Gasteiger partial charge in [-0.15, -0.1) is 0 Å². The van der Waals surface area contributed by atoms with Crippen LogP contribution in [0.25, 0.3) is 0 Å². The van der Waals surface area contributed by atoms with E-state index in [0.717, 1.165) is 0 Å². The molecule has 0 fully saturated rings. The van der Waals surface area contributed by atoms with Gasteiger partial charge in [0.15, 0.2) is 0 Å². The Morgan fingerprint density at radius 2 is 1.81 bits per heavy atom. The van der Waals surface area contributed by atoms with Crippen molar-refractivity contribution in [3.8, 4) is 0 Å². The summed E-state index contributed by atoms with van der Waals surface area (Å²) in [5.74, 6) is -1.56. The van der Waals surface area contributed by atoms with Gasteiger partial charge in [-0.05, 0) is 13.8 Å². The number of rotatable bonds is 5. The highest BCUT2D eigenvalue weighted by Gasteiger charge is 2.27. The predicted octanol–water partition coefficient (Wildman–Crippen LogP) is -0.308. The van der Waals surface area contributed by atoms with Crippen LogP contribution < -0.4 is 5.32 Å². The number of carbonyl (C=O) groups excluding carboxylic acids is 2. The predicted molar refractivity (Wildman–Crippen MR) is 57.7 cm³/mol. The molecule has 0 atom stereocenters. The summed E-state index contributed by atoms with van der Waals surface area (Å²) < 4.78 is 0. The average molecular weight is 230 g/mol. The number of hydrogen-bond donors (Lipinski definition) is 2. The third-order valence-electron chi connectivity index (χ3n) is 2.22. The summed E-state index contributed by atoms with van der Waals surface area (Å²) in [4.78, 5) is 34.2. The van der Waals surface area contributed by atoms with Crippen molar-refractivity contribution in [1.82, 2.24) is 10.2 Å². The van der Waals surface area contributed by atoms with Crippen LogP contribution in [-0.4, -0.2) is 47.9 Å². The van der Waals surface area contributed by atoms with E-state index < -0.39 is 11.4 Å². The summed E-state index contributed by atoms with van der Waals surface area (Å²) in [6.07, 6.45) is 0. The van der Waals surface area contributed by atoms with E-state index in [4.69, 9.17) is 5.11 Å². The lowest BCUT2D eigenvalue weighted by Crippen LogP contribution is -2.43. The van der Waals surface area contributed by atoms with Gasteiger partial charge in [0.1, 0.15) is 0 Å². The molecule has 2 amide bonds. The molecular weight excluding hydrogens is 212 g/mol. The Kier molecular flexibility index (Phi) is 4.94. The fraction of sp³-hybridized carbons (Fsp3) is 0.700. The van der Waals surface area contributed by atoms with E-state index in [1.807, 2.05) is 0 Å². The minimum atomic E-state index is -1.01. The van der Waals surface area contributed by atoms with Crippen molar-refractivity contribution >= 4 is 17.8 Å². The first kappa shape index (κ1) is 14.4. The summed E-state index contributed by atoms with van der Waals surface area (Å²) in [5, 5.41) is 11.3. The van der Waals surface area contributed by atoms with Crippen LogP contribution in [0.1, 0.15) is 20.8 Å². The molecule has 92 valence electrons. The maximum Gasteiger partial charge on any atom is 0.310 e. The van der Waals surface area contributed by atoms with E-state index in [1.54, 1.807) is 0 Å². The van der Waals surface area contributed by atoms with Crippen molar-refractivity contribution in [3.05, 3.63) is 0 Å². The smallest absolute Gasteiger partial charge is 0.310 e. The van der Waals surface area contributed by atoms with Gasteiger partial charge in [0, 0.05) is 20.5 Å². The number of likely N-dealkylation sites (N-methyl/N-ethyl adjacent to an activating group) is 1. The van der Waals surface area contributed by atoms with Crippen LogP contribution in [0.3, 0.4) is 0 Å². The number of nitrogens with one attached hydrogen (secondary N) is 1. The second-order valence-corrected chi connectivity index (χ2v) is 4.34. The normalized spacial score (nSPS) is 10.8.